The van der Waals surface area contributed by atoms with Crippen molar-refractivity contribution in [2.75, 3.05) is 13.1 Å². The van der Waals surface area contributed by atoms with Crippen molar-refractivity contribution in [2.24, 2.45) is 5.92 Å². The predicted octanol–water partition coefficient (Wildman–Crippen LogP) is 1.07. The summed E-state index contributed by atoms with van der Waals surface area (Å²) in [5.41, 5.74) is -0.785. The zero-order chi connectivity index (χ0) is 14.5. The van der Waals surface area contributed by atoms with Gasteiger partial charge in [-0.15, -0.1) is 0 Å². The number of ether oxygens (including phenoxy) is 1. The number of carbonyl (C=O) groups is 2. The van der Waals surface area contributed by atoms with Crippen molar-refractivity contribution in [1.29, 1.82) is 0 Å². The number of hydrogen-bond acceptors (Lipinski definition) is 3. The van der Waals surface area contributed by atoms with Gasteiger partial charge in [0, 0.05) is 6.54 Å². The second kappa shape index (κ2) is 4.45. The van der Waals surface area contributed by atoms with Gasteiger partial charge in [-0.1, -0.05) is 0 Å². The minimum absolute atomic E-state index is 0.00291. The van der Waals surface area contributed by atoms with E-state index in [1.165, 1.54) is 0 Å². The molecule has 1 N–H and O–H groups in total. The molecule has 2 atom stereocenters. The van der Waals surface area contributed by atoms with Crippen LogP contribution in [0.15, 0.2) is 0 Å². The lowest BCUT2D eigenvalue weighted by molar-refractivity contribution is -0.157. The van der Waals surface area contributed by atoms with E-state index in [1.54, 1.807) is 4.90 Å². The van der Waals surface area contributed by atoms with Crippen molar-refractivity contribution in [1.82, 2.24) is 10.2 Å². The number of carbonyl (C=O) groups excluding carboxylic acids is 2. The average Bonchev–Trinajstić information content (AvgIpc) is 3.16. The Kier molecular flexibility index (Phi) is 3.08. The lowest BCUT2D eigenvalue weighted by Gasteiger charge is -2.45. The normalized spacial score (nSPS) is 37.1. The summed E-state index contributed by atoms with van der Waals surface area (Å²) in [5.74, 6) is 0.324. The smallest absolute Gasteiger partial charge is 0.246 e. The second-order valence-electron chi connectivity index (χ2n) is 7.15. The number of rotatable bonds is 3. The van der Waals surface area contributed by atoms with Crippen LogP contribution in [0.3, 0.4) is 0 Å². The van der Waals surface area contributed by atoms with Crippen molar-refractivity contribution in [3.63, 3.8) is 0 Å². The van der Waals surface area contributed by atoms with Gasteiger partial charge in [0.05, 0.1) is 18.2 Å². The Morgan fingerprint density at radius 2 is 1.95 bits per heavy atom. The monoisotopic (exact) mass is 280 g/mol. The molecule has 3 fully saturated rings. The molecule has 5 nitrogen and oxygen atoms in total. The summed E-state index contributed by atoms with van der Waals surface area (Å²) in [6, 6.07) is 0. The average molecular weight is 280 g/mol. The fourth-order valence-corrected chi connectivity index (χ4v) is 3.56. The van der Waals surface area contributed by atoms with Gasteiger partial charge in [-0.05, 0) is 52.4 Å². The molecule has 0 aromatic rings. The number of amides is 2. The summed E-state index contributed by atoms with van der Waals surface area (Å²) in [6.07, 6.45) is 4.08. The molecule has 2 heterocycles. The van der Waals surface area contributed by atoms with Gasteiger partial charge in [0.2, 0.25) is 11.8 Å². The van der Waals surface area contributed by atoms with E-state index in [4.69, 9.17) is 4.74 Å². The number of hydrogen-bond donors (Lipinski definition) is 1. The lowest BCUT2D eigenvalue weighted by Crippen LogP contribution is -2.68. The van der Waals surface area contributed by atoms with Crippen LogP contribution in [0.2, 0.25) is 0 Å². The van der Waals surface area contributed by atoms with Gasteiger partial charge in [0.15, 0.2) is 0 Å². The van der Waals surface area contributed by atoms with Gasteiger partial charge < -0.3 is 15.0 Å². The third-order valence-corrected chi connectivity index (χ3v) is 5.03. The molecule has 0 aromatic heterocycles. The molecule has 5 heteroatoms. The van der Waals surface area contributed by atoms with Gasteiger partial charge in [-0.3, -0.25) is 9.59 Å². The first-order valence-corrected chi connectivity index (χ1v) is 7.59. The van der Waals surface area contributed by atoms with Crippen LogP contribution in [0.1, 0.15) is 46.5 Å². The van der Waals surface area contributed by atoms with E-state index in [-0.39, 0.29) is 30.1 Å². The molecule has 2 amide bonds. The van der Waals surface area contributed by atoms with Crippen LogP contribution in [0.25, 0.3) is 0 Å². The Balaban J connectivity index is 1.78. The maximum absolute atomic E-state index is 12.3. The van der Waals surface area contributed by atoms with E-state index in [1.807, 2.05) is 6.92 Å². The third-order valence-electron chi connectivity index (χ3n) is 5.03. The zero-order valence-corrected chi connectivity index (χ0v) is 12.6. The molecule has 1 aliphatic carbocycles. The van der Waals surface area contributed by atoms with E-state index in [2.05, 4.69) is 19.2 Å². The first kappa shape index (κ1) is 13.9. The summed E-state index contributed by atoms with van der Waals surface area (Å²) in [4.78, 5) is 26.4. The van der Waals surface area contributed by atoms with Crippen LogP contribution < -0.4 is 5.32 Å². The van der Waals surface area contributed by atoms with Gasteiger partial charge >= 0.3 is 0 Å². The molecular formula is C15H24N2O3. The number of nitrogens with zero attached hydrogens (tertiary/aromatic N) is 1. The van der Waals surface area contributed by atoms with E-state index >= 15 is 0 Å². The summed E-state index contributed by atoms with van der Waals surface area (Å²) >= 11 is 0. The summed E-state index contributed by atoms with van der Waals surface area (Å²) in [6.45, 7) is 6.74. The molecule has 3 rings (SSSR count). The first-order valence-electron chi connectivity index (χ1n) is 7.59. The van der Waals surface area contributed by atoms with Crippen LogP contribution in [-0.4, -0.2) is 47.0 Å². The van der Waals surface area contributed by atoms with Crippen molar-refractivity contribution in [3.05, 3.63) is 0 Å². The van der Waals surface area contributed by atoms with E-state index < -0.39 is 5.54 Å². The molecule has 0 aromatic carbocycles. The third kappa shape index (κ3) is 2.22. The molecule has 3 aliphatic rings. The highest BCUT2D eigenvalue weighted by Gasteiger charge is 2.55. The Morgan fingerprint density at radius 1 is 1.25 bits per heavy atom. The molecule has 0 radical (unpaired) electrons. The minimum Gasteiger partial charge on any atom is -0.371 e. The maximum atomic E-state index is 12.3. The highest BCUT2D eigenvalue weighted by Crippen LogP contribution is 2.45. The Labute approximate surface area is 120 Å². The molecule has 20 heavy (non-hydrogen) atoms. The quantitative estimate of drug-likeness (QED) is 0.841. The van der Waals surface area contributed by atoms with Crippen LogP contribution in [0, 0.1) is 5.92 Å². The Bertz CT molecular complexity index is 444. The highest BCUT2D eigenvalue weighted by molar-refractivity contribution is 5.98. The molecule has 2 saturated heterocycles. The summed E-state index contributed by atoms with van der Waals surface area (Å²) in [5, 5.41) is 2.74. The molecule has 0 bridgehead atoms. The van der Waals surface area contributed by atoms with Crippen LogP contribution in [-0.2, 0) is 14.3 Å². The van der Waals surface area contributed by atoms with Gasteiger partial charge in [0.25, 0.3) is 0 Å². The molecule has 1 saturated carbocycles. The topological polar surface area (TPSA) is 58.6 Å². The zero-order valence-electron chi connectivity index (χ0n) is 12.6. The largest absolute Gasteiger partial charge is 0.371 e. The van der Waals surface area contributed by atoms with Crippen molar-refractivity contribution < 1.29 is 14.3 Å². The SMILES string of the molecule is CC1(C)CCC(CN2C(=O)CNC(=O)C2(C)C2CC2)O1. The van der Waals surface area contributed by atoms with Crippen LogP contribution in [0.5, 0.6) is 0 Å². The molecular weight excluding hydrogens is 256 g/mol. The Morgan fingerprint density at radius 3 is 2.50 bits per heavy atom. The van der Waals surface area contributed by atoms with Crippen molar-refractivity contribution >= 4 is 11.8 Å². The van der Waals surface area contributed by atoms with Crippen molar-refractivity contribution in [2.45, 2.75) is 63.7 Å². The lowest BCUT2D eigenvalue weighted by atomic mass is 9.89. The molecule has 2 unspecified atom stereocenters. The van der Waals surface area contributed by atoms with Crippen molar-refractivity contribution in [3.8, 4) is 0 Å². The van der Waals surface area contributed by atoms with E-state index in [0.717, 1.165) is 25.7 Å². The standard InChI is InChI=1S/C15H24N2O3/c1-14(2)7-6-11(20-14)9-17-12(18)8-16-13(19)15(17,3)10-4-5-10/h10-11H,4-9H2,1-3H3,(H,16,19). The number of piperazine rings is 1. The maximum Gasteiger partial charge on any atom is 0.246 e. The van der Waals surface area contributed by atoms with Gasteiger partial charge in [-0.2, -0.15) is 0 Å². The molecule has 112 valence electrons. The van der Waals surface area contributed by atoms with Gasteiger partial charge in [-0.25, -0.2) is 0 Å². The first-order chi connectivity index (χ1) is 9.33. The van der Waals surface area contributed by atoms with Crippen LogP contribution >= 0.6 is 0 Å². The fourth-order valence-electron chi connectivity index (χ4n) is 3.56. The minimum atomic E-state index is -0.675. The van der Waals surface area contributed by atoms with Crippen LogP contribution in [0.4, 0.5) is 0 Å². The summed E-state index contributed by atoms with van der Waals surface area (Å²) < 4.78 is 6.00. The second-order valence-corrected chi connectivity index (χ2v) is 7.15. The highest BCUT2D eigenvalue weighted by atomic mass is 16.5. The summed E-state index contributed by atoms with van der Waals surface area (Å²) in [7, 11) is 0. The number of nitrogens with one attached hydrogen (secondary N) is 1. The molecule has 2 aliphatic heterocycles. The molecule has 0 spiro atoms. The Hall–Kier alpha value is -1.10. The van der Waals surface area contributed by atoms with E-state index in [9.17, 15) is 9.59 Å². The predicted molar refractivity (Wildman–Crippen MR) is 74.0 cm³/mol. The van der Waals surface area contributed by atoms with E-state index in [0.29, 0.717) is 12.5 Å². The van der Waals surface area contributed by atoms with Gasteiger partial charge in [0.1, 0.15) is 5.54 Å². The fraction of sp³-hybridized carbons (Fsp3) is 0.867.